The summed E-state index contributed by atoms with van der Waals surface area (Å²) in [4.78, 5) is 6.61. The lowest BCUT2D eigenvalue weighted by atomic mass is 10.0. The number of β-amino-alcohol motifs (C(OH)–C–C–N with tert-alkyl or cyclic N) is 1. The summed E-state index contributed by atoms with van der Waals surface area (Å²) in [6.45, 7) is 2.91. The Balaban J connectivity index is 1.45. The van der Waals surface area contributed by atoms with Crippen LogP contribution in [0.5, 0.6) is 0 Å². The smallest absolute Gasteiger partial charge is 0.123 e. The van der Waals surface area contributed by atoms with Crippen molar-refractivity contribution < 1.29 is 9.84 Å². The van der Waals surface area contributed by atoms with E-state index in [4.69, 9.17) is 4.74 Å². The molecule has 0 unspecified atom stereocenters. The zero-order chi connectivity index (χ0) is 16.4. The van der Waals surface area contributed by atoms with Gasteiger partial charge in [-0.25, -0.2) is 4.98 Å². The van der Waals surface area contributed by atoms with Gasteiger partial charge in [0.2, 0.25) is 0 Å². The van der Waals surface area contributed by atoms with Crippen molar-refractivity contribution in [2.45, 2.75) is 12.2 Å². The number of hydrogen-bond acceptors (Lipinski definition) is 5. The van der Waals surface area contributed by atoms with Gasteiger partial charge in [-0.2, -0.15) is 0 Å². The molecule has 1 aromatic heterocycles. The van der Waals surface area contributed by atoms with Crippen molar-refractivity contribution in [3.63, 3.8) is 0 Å². The molecule has 4 rings (SSSR count). The molecular weight excluding hydrogens is 320 g/mol. The molecule has 0 aliphatic carbocycles. The number of nitrogens with zero attached hydrogens (tertiary/aromatic N) is 2. The summed E-state index contributed by atoms with van der Waals surface area (Å²) < 4.78 is 5.82. The van der Waals surface area contributed by atoms with Gasteiger partial charge in [0.15, 0.2) is 0 Å². The Bertz CT molecular complexity index is 806. The Kier molecular flexibility index (Phi) is 4.58. The molecule has 0 radical (unpaired) electrons. The van der Waals surface area contributed by atoms with Crippen LogP contribution in [0.4, 0.5) is 0 Å². The van der Waals surface area contributed by atoms with Gasteiger partial charge in [-0.15, -0.1) is 11.3 Å². The molecule has 1 aliphatic heterocycles. The highest BCUT2D eigenvalue weighted by molar-refractivity contribution is 7.09. The second kappa shape index (κ2) is 6.99. The maximum Gasteiger partial charge on any atom is 0.123 e. The maximum atomic E-state index is 10.7. The number of benzene rings is 2. The monoisotopic (exact) mass is 340 g/mol. The summed E-state index contributed by atoms with van der Waals surface area (Å²) in [5.74, 6) is 0. The summed E-state index contributed by atoms with van der Waals surface area (Å²) in [6.07, 6.45) is 1.33. The Morgan fingerprint density at radius 1 is 1.25 bits per heavy atom. The summed E-state index contributed by atoms with van der Waals surface area (Å²) >= 11 is 1.62. The molecule has 2 atom stereocenters. The minimum absolute atomic E-state index is 0.0163. The molecule has 0 saturated carbocycles. The van der Waals surface area contributed by atoms with Gasteiger partial charge in [0, 0.05) is 31.2 Å². The van der Waals surface area contributed by atoms with E-state index in [1.165, 1.54) is 5.39 Å². The molecule has 124 valence electrons. The van der Waals surface area contributed by atoms with E-state index in [0.29, 0.717) is 13.2 Å². The van der Waals surface area contributed by atoms with Crippen LogP contribution in [0.2, 0.25) is 0 Å². The molecule has 2 heterocycles. The predicted octanol–water partition coefficient (Wildman–Crippen LogP) is 3.40. The van der Waals surface area contributed by atoms with Gasteiger partial charge in [-0.3, -0.25) is 4.90 Å². The molecule has 1 saturated heterocycles. The second-order valence-electron chi connectivity index (χ2n) is 6.11. The lowest BCUT2D eigenvalue weighted by molar-refractivity contribution is -0.0424. The van der Waals surface area contributed by atoms with E-state index in [2.05, 4.69) is 34.1 Å². The average molecular weight is 340 g/mol. The van der Waals surface area contributed by atoms with E-state index < -0.39 is 6.10 Å². The number of rotatable bonds is 4. The summed E-state index contributed by atoms with van der Waals surface area (Å²) in [7, 11) is 0. The highest BCUT2D eigenvalue weighted by Gasteiger charge is 2.25. The largest absolute Gasteiger partial charge is 0.387 e. The van der Waals surface area contributed by atoms with Crippen LogP contribution in [0.15, 0.2) is 54.0 Å². The highest BCUT2D eigenvalue weighted by atomic mass is 32.1. The van der Waals surface area contributed by atoms with Gasteiger partial charge in [0.05, 0.1) is 12.7 Å². The zero-order valence-corrected chi connectivity index (χ0v) is 14.2. The quantitative estimate of drug-likeness (QED) is 0.791. The first-order valence-electron chi connectivity index (χ1n) is 8.20. The van der Waals surface area contributed by atoms with Crippen LogP contribution >= 0.6 is 11.3 Å². The van der Waals surface area contributed by atoms with Crippen molar-refractivity contribution in [1.29, 1.82) is 0 Å². The molecule has 1 N–H and O–H groups in total. The number of fused-ring (bicyclic) bond motifs is 1. The lowest BCUT2D eigenvalue weighted by Gasteiger charge is -2.33. The third-order valence-corrected chi connectivity index (χ3v) is 5.33. The fourth-order valence-corrected chi connectivity index (χ4v) is 3.85. The number of morpholine rings is 1. The van der Waals surface area contributed by atoms with Gasteiger partial charge >= 0.3 is 0 Å². The van der Waals surface area contributed by atoms with Gasteiger partial charge in [-0.1, -0.05) is 36.4 Å². The first-order chi connectivity index (χ1) is 11.8. The number of hydrogen-bond donors (Lipinski definition) is 1. The van der Waals surface area contributed by atoms with Crippen molar-refractivity contribution in [3.8, 4) is 0 Å². The van der Waals surface area contributed by atoms with Crippen molar-refractivity contribution in [2.75, 3.05) is 26.2 Å². The van der Waals surface area contributed by atoms with Gasteiger partial charge < -0.3 is 9.84 Å². The van der Waals surface area contributed by atoms with Crippen molar-refractivity contribution in [1.82, 2.24) is 9.88 Å². The molecule has 3 aromatic rings. The molecule has 0 amide bonds. The lowest BCUT2D eigenvalue weighted by Crippen LogP contribution is -2.40. The van der Waals surface area contributed by atoms with Gasteiger partial charge in [0.25, 0.3) is 0 Å². The van der Waals surface area contributed by atoms with Crippen molar-refractivity contribution >= 4 is 22.1 Å². The normalized spacial score (nSPS) is 20.3. The molecule has 24 heavy (non-hydrogen) atoms. The molecule has 1 aliphatic rings. The Labute approximate surface area is 145 Å². The molecule has 5 heteroatoms. The van der Waals surface area contributed by atoms with Gasteiger partial charge in [-0.05, 0) is 22.4 Å². The molecule has 0 bridgehead atoms. The van der Waals surface area contributed by atoms with Crippen molar-refractivity contribution in [3.05, 3.63) is 64.6 Å². The molecule has 1 fully saturated rings. The van der Waals surface area contributed by atoms with E-state index in [-0.39, 0.29) is 6.10 Å². The first kappa shape index (κ1) is 15.7. The van der Waals surface area contributed by atoms with E-state index in [1.54, 1.807) is 11.3 Å². The van der Waals surface area contributed by atoms with Crippen LogP contribution in [0.25, 0.3) is 10.8 Å². The summed E-state index contributed by atoms with van der Waals surface area (Å²) in [6, 6.07) is 14.4. The molecule has 2 aromatic carbocycles. The fraction of sp³-hybridized carbons (Fsp3) is 0.316. The summed E-state index contributed by atoms with van der Waals surface area (Å²) in [5.41, 5.74) is 0.964. The van der Waals surface area contributed by atoms with Crippen LogP contribution in [0, 0.1) is 0 Å². The third-order valence-electron chi connectivity index (χ3n) is 4.47. The van der Waals surface area contributed by atoms with E-state index >= 15 is 0 Å². The maximum absolute atomic E-state index is 10.7. The van der Waals surface area contributed by atoms with Crippen molar-refractivity contribution in [2.24, 2.45) is 0 Å². The third kappa shape index (κ3) is 3.35. The zero-order valence-electron chi connectivity index (χ0n) is 13.3. The van der Waals surface area contributed by atoms with Crippen LogP contribution in [0.3, 0.4) is 0 Å². The minimum Gasteiger partial charge on any atom is -0.387 e. The van der Waals surface area contributed by atoms with E-state index in [1.807, 2.05) is 29.8 Å². The average Bonchev–Trinajstić information content (AvgIpc) is 3.16. The predicted molar refractivity (Wildman–Crippen MR) is 96.2 cm³/mol. The fourth-order valence-electron chi connectivity index (χ4n) is 3.18. The van der Waals surface area contributed by atoms with Crippen LogP contribution in [-0.4, -0.2) is 41.2 Å². The number of thiazole rings is 1. The Hall–Kier alpha value is -1.79. The van der Waals surface area contributed by atoms with Crippen LogP contribution in [0.1, 0.15) is 22.8 Å². The number of aromatic nitrogens is 1. The van der Waals surface area contributed by atoms with E-state index in [9.17, 15) is 5.11 Å². The number of aliphatic hydroxyl groups excluding tert-OH is 1. The second-order valence-corrected chi connectivity index (χ2v) is 7.04. The number of aliphatic hydroxyl groups is 1. The molecule has 0 spiro atoms. The highest BCUT2D eigenvalue weighted by Crippen LogP contribution is 2.26. The van der Waals surface area contributed by atoms with Gasteiger partial charge in [0.1, 0.15) is 11.1 Å². The SMILES string of the molecule is O[C@H](CN1CCO[C@H](c2nccs2)C1)c1ccc2ccccc2c1. The standard InChI is InChI=1S/C19H20N2O2S/c22-17(16-6-5-14-3-1-2-4-15(14)11-16)12-21-8-9-23-18(13-21)19-20-7-10-24-19/h1-7,10-11,17-18,22H,8-9,12-13H2/t17-,18+/m1/s1. The Morgan fingerprint density at radius 2 is 2.12 bits per heavy atom. The minimum atomic E-state index is -0.496. The first-order valence-corrected chi connectivity index (χ1v) is 9.08. The number of ether oxygens (including phenoxy) is 1. The molecular formula is C19H20N2O2S. The molecule has 4 nitrogen and oxygen atoms in total. The Morgan fingerprint density at radius 3 is 2.96 bits per heavy atom. The van der Waals surface area contributed by atoms with Crippen LogP contribution < -0.4 is 0 Å². The van der Waals surface area contributed by atoms with Crippen LogP contribution in [-0.2, 0) is 4.74 Å². The summed E-state index contributed by atoms with van der Waals surface area (Å²) in [5, 5.41) is 16.0. The van der Waals surface area contributed by atoms with E-state index in [0.717, 1.165) is 29.0 Å². The topological polar surface area (TPSA) is 45.6 Å².